The monoisotopic (exact) mass is 220 g/mol. The van der Waals surface area contributed by atoms with Crippen molar-refractivity contribution >= 4 is 6.03 Å². The minimum atomic E-state index is 0.0410. The number of rotatable bonds is 3. The summed E-state index contributed by atoms with van der Waals surface area (Å²) in [7, 11) is 1.81. The SMILES string of the molecule is CN1CC(c2cccnc2)N(CCN)C1=O. The second-order valence-corrected chi connectivity index (χ2v) is 3.95. The van der Waals surface area contributed by atoms with Crippen LogP contribution < -0.4 is 5.73 Å². The number of aromatic nitrogens is 1. The van der Waals surface area contributed by atoms with Crippen LogP contribution in [-0.2, 0) is 0 Å². The number of hydrogen-bond donors (Lipinski definition) is 1. The highest BCUT2D eigenvalue weighted by atomic mass is 16.2. The maximum Gasteiger partial charge on any atom is 0.320 e. The van der Waals surface area contributed by atoms with Gasteiger partial charge in [-0.2, -0.15) is 0 Å². The van der Waals surface area contributed by atoms with Crippen LogP contribution in [0.15, 0.2) is 24.5 Å². The quantitative estimate of drug-likeness (QED) is 0.804. The van der Waals surface area contributed by atoms with Crippen molar-refractivity contribution in [2.24, 2.45) is 5.73 Å². The number of urea groups is 1. The van der Waals surface area contributed by atoms with Crippen LogP contribution in [0.2, 0.25) is 0 Å². The predicted molar refractivity (Wildman–Crippen MR) is 60.8 cm³/mol. The van der Waals surface area contributed by atoms with Crippen LogP contribution in [0, 0.1) is 0 Å². The summed E-state index contributed by atoms with van der Waals surface area (Å²) in [5.41, 5.74) is 6.59. The maximum absolute atomic E-state index is 11.9. The van der Waals surface area contributed by atoms with Gasteiger partial charge in [0, 0.05) is 39.1 Å². The molecule has 0 spiro atoms. The molecule has 2 amide bonds. The number of pyridine rings is 1. The maximum atomic E-state index is 11.9. The standard InChI is InChI=1S/C11H16N4O/c1-14-8-10(9-3-2-5-13-7-9)15(6-4-12)11(14)16/h2-3,5,7,10H,4,6,8,12H2,1H3. The van der Waals surface area contributed by atoms with Crippen molar-refractivity contribution in [1.29, 1.82) is 0 Å². The Morgan fingerprint density at radius 2 is 2.44 bits per heavy atom. The molecule has 1 aliphatic heterocycles. The molecule has 1 saturated heterocycles. The number of amides is 2. The molecular weight excluding hydrogens is 204 g/mol. The van der Waals surface area contributed by atoms with E-state index in [1.165, 1.54) is 0 Å². The van der Waals surface area contributed by atoms with Crippen molar-refractivity contribution in [3.63, 3.8) is 0 Å². The van der Waals surface area contributed by atoms with E-state index < -0.39 is 0 Å². The summed E-state index contributed by atoms with van der Waals surface area (Å²) in [6, 6.07) is 4.00. The first-order chi connectivity index (χ1) is 7.74. The lowest BCUT2D eigenvalue weighted by atomic mass is 10.1. The molecular formula is C11H16N4O. The molecule has 1 aliphatic rings. The zero-order chi connectivity index (χ0) is 11.5. The van der Waals surface area contributed by atoms with Crippen molar-refractivity contribution in [1.82, 2.24) is 14.8 Å². The van der Waals surface area contributed by atoms with Crippen LogP contribution in [0.1, 0.15) is 11.6 Å². The third-order valence-electron chi connectivity index (χ3n) is 2.83. The molecule has 0 bridgehead atoms. The number of nitrogens with zero attached hydrogens (tertiary/aromatic N) is 3. The van der Waals surface area contributed by atoms with E-state index in [0.29, 0.717) is 19.6 Å². The average Bonchev–Trinajstić information content (AvgIpc) is 2.59. The molecule has 86 valence electrons. The van der Waals surface area contributed by atoms with Crippen LogP contribution >= 0.6 is 0 Å². The molecule has 1 aromatic heterocycles. The Balaban J connectivity index is 2.23. The van der Waals surface area contributed by atoms with Gasteiger partial charge in [0.1, 0.15) is 0 Å². The fourth-order valence-corrected chi connectivity index (χ4v) is 2.04. The predicted octanol–water partition coefficient (Wildman–Crippen LogP) is 0.449. The van der Waals surface area contributed by atoms with Gasteiger partial charge in [-0.25, -0.2) is 4.79 Å². The van der Waals surface area contributed by atoms with E-state index in [-0.39, 0.29) is 12.1 Å². The van der Waals surface area contributed by atoms with Crippen molar-refractivity contribution in [3.8, 4) is 0 Å². The molecule has 2 rings (SSSR count). The van der Waals surface area contributed by atoms with Crippen LogP contribution in [0.4, 0.5) is 4.79 Å². The highest BCUT2D eigenvalue weighted by Gasteiger charge is 2.35. The molecule has 2 N–H and O–H groups in total. The minimum Gasteiger partial charge on any atom is -0.329 e. The van der Waals surface area contributed by atoms with Gasteiger partial charge in [0.15, 0.2) is 0 Å². The molecule has 16 heavy (non-hydrogen) atoms. The van der Waals surface area contributed by atoms with Gasteiger partial charge in [-0.1, -0.05) is 6.07 Å². The number of carbonyl (C=O) groups excluding carboxylic acids is 1. The van der Waals surface area contributed by atoms with Crippen molar-refractivity contribution < 1.29 is 4.79 Å². The molecule has 0 saturated carbocycles. The van der Waals surface area contributed by atoms with Gasteiger partial charge in [0.2, 0.25) is 0 Å². The van der Waals surface area contributed by atoms with Crippen LogP contribution in [-0.4, -0.2) is 47.5 Å². The lowest BCUT2D eigenvalue weighted by molar-refractivity contribution is 0.192. The summed E-state index contributed by atoms with van der Waals surface area (Å²) >= 11 is 0. The minimum absolute atomic E-state index is 0.0410. The van der Waals surface area contributed by atoms with E-state index in [9.17, 15) is 4.79 Å². The van der Waals surface area contributed by atoms with E-state index >= 15 is 0 Å². The average molecular weight is 220 g/mol. The van der Waals surface area contributed by atoms with Gasteiger partial charge in [0.25, 0.3) is 0 Å². The summed E-state index contributed by atoms with van der Waals surface area (Å²) in [6.45, 7) is 1.77. The lowest BCUT2D eigenvalue weighted by Gasteiger charge is -2.22. The molecule has 1 fully saturated rings. The first-order valence-corrected chi connectivity index (χ1v) is 5.35. The van der Waals surface area contributed by atoms with E-state index in [2.05, 4.69) is 4.98 Å². The van der Waals surface area contributed by atoms with Gasteiger partial charge in [0.05, 0.1) is 6.04 Å². The molecule has 1 atom stereocenters. The molecule has 0 aliphatic carbocycles. The Morgan fingerprint density at radius 1 is 1.62 bits per heavy atom. The van der Waals surface area contributed by atoms with Crippen molar-refractivity contribution in [3.05, 3.63) is 30.1 Å². The topological polar surface area (TPSA) is 62.5 Å². The summed E-state index contributed by atoms with van der Waals surface area (Å²) in [5.74, 6) is 0. The Hall–Kier alpha value is -1.62. The third kappa shape index (κ3) is 1.86. The molecule has 1 unspecified atom stereocenters. The van der Waals surface area contributed by atoms with Crippen LogP contribution in [0.25, 0.3) is 0 Å². The van der Waals surface area contributed by atoms with E-state index in [4.69, 9.17) is 5.73 Å². The fourth-order valence-electron chi connectivity index (χ4n) is 2.04. The zero-order valence-electron chi connectivity index (χ0n) is 9.34. The summed E-state index contributed by atoms with van der Waals surface area (Å²) in [6.07, 6.45) is 3.54. The Bertz CT molecular complexity index is 368. The molecule has 5 heteroatoms. The highest BCUT2D eigenvalue weighted by molar-refractivity contribution is 5.77. The normalized spacial score (nSPS) is 20.6. The first-order valence-electron chi connectivity index (χ1n) is 5.35. The molecule has 0 aromatic carbocycles. The number of nitrogens with two attached hydrogens (primary N) is 1. The molecule has 2 heterocycles. The second-order valence-electron chi connectivity index (χ2n) is 3.95. The first kappa shape index (κ1) is 10.9. The summed E-state index contributed by atoms with van der Waals surface area (Å²) < 4.78 is 0. The Morgan fingerprint density at radius 3 is 3.06 bits per heavy atom. The number of likely N-dealkylation sites (N-methyl/N-ethyl adjacent to an activating group) is 1. The summed E-state index contributed by atoms with van der Waals surface area (Å²) in [4.78, 5) is 19.5. The molecule has 0 radical (unpaired) electrons. The van der Waals surface area contributed by atoms with E-state index in [1.807, 2.05) is 19.2 Å². The van der Waals surface area contributed by atoms with Crippen molar-refractivity contribution in [2.75, 3.05) is 26.7 Å². The van der Waals surface area contributed by atoms with Crippen molar-refractivity contribution in [2.45, 2.75) is 6.04 Å². The summed E-state index contributed by atoms with van der Waals surface area (Å²) in [5, 5.41) is 0. The number of hydrogen-bond acceptors (Lipinski definition) is 3. The van der Waals surface area contributed by atoms with Crippen LogP contribution in [0.5, 0.6) is 0 Å². The lowest BCUT2D eigenvalue weighted by Crippen LogP contribution is -2.34. The Labute approximate surface area is 94.9 Å². The molecule has 1 aromatic rings. The molecule has 5 nitrogen and oxygen atoms in total. The van der Waals surface area contributed by atoms with E-state index in [0.717, 1.165) is 5.56 Å². The largest absolute Gasteiger partial charge is 0.329 e. The highest BCUT2D eigenvalue weighted by Crippen LogP contribution is 2.27. The van der Waals surface area contributed by atoms with Gasteiger partial charge in [-0.05, 0) is 11.6 Å². The fraction of sp³-hybridized carbons (Fsp3) is 0.455. The smallest absolute Gasteiger partial charge is 0.320 e. The van der Waals surface area contributed by atoms with E-state index in [1.54, 1.807) is 22.2 Å². The zero-order valence-corrected chi connectivity index (χ0v) is 9.34. The van der Waals surface area contributed by atoms with Gasteiger partial charge >= 0.3 is 6.03 Å². The Kier molecular flexibility index (Phi) is 3.05. The van der Waals surface area contributed by atoms with Gasteiger partial charge in [-0.15, -0.1) is 0 Å². The van der Waals surface area contributed by atoms with Crippen LogP contribution in [0.3, 0.4) is 0 Å². The number of carbonyl (C=O) groups is 1. The third-order valence-corrected chi connectivity index (χ3v) is 2.83. The second kappa shape index (κ2) is 4.49. The van der Waals surface area contributed by atoms with Gasteiger partial charge in [-0.3, -0.25) is 4.98 Å². The van der Waals surface area contributed by atoms with Gasteiger partial charge < -0.3 is 15.5 Å².